The van der Waals surface area contributed by atoms with Gasteiger partial charge in [0.25, 0.3) is 5.69 Å². The fraction of sp³-hybridized carbons (Fsp3) is 0.222. The van der Waals surface area contributed by atoms with Gasteiger partial charge in [-0.3, -0.25) is 10.1 Å². The van der Waals surface area contributed by atoms with Crippen molar-refractivity contribution in [2.45, 2.75) is 13.5 Å². The van der Waals surface area contributed by atoms with E-state index in [-0.39, 0.29) is 5.69 Å². The molecule has 5 nitrogen and oxygen atoms in total. The molecule has 15 heavy (non-hydrogen) atoms. The summed E-state index contributed by atoms with van der Waals surface area (Å²) in [6, 6.07) is 1.53. The molecular weight excluding hydrogens is 262 g/mol. The van der Waals surface area contributed by atoms with E-state index in [0.29, 0.717) is 0 Å². The maximum Gasteiger partial charge on any atom is 0.288 e. The molecule has 0 amide bonds. The first-order valence-electron chi connectivity index (χ1n) is 4.42. The normalized spacial score (nSPS) is 10.8. The number of nitro groups is 1. The zero-order valence-electron chi connectivity index (χ0n) is 7.98. The van der Waals surface area contributed by atoms with Gasteiger partial charge in [-0.1, -0.05) is 0 Å². The molecule has 0 unspecified atom stereocenters. The lowest BCUT2D eigenvalue weighted by Gasteiger charge is -1.97. The highest BCUT2D eigenvalue weighted by Crippen LogP contribution is 2.27. The second kappa shape index (κ2) is 3.62. The summed E-state index contributed by atoms with van der Waals surface area (Å²) in [6.45, 7) is 2.78. The second-order valence-electron chi connectivity index (χ2n) is 3.08. The summed E-state index contributed by atoms with van der Waals surface area (Å²) < 4.78 is 2.76. The van der Waals surface area contributed by atoms with Crippen LogP contribution in [0.3, 0.4) is 0 Å². The number of aryl methyl sites for hydroxylation is 1. The molecule has 0 radical (unpaired) electrons. The van der Waals surface area contributed by atoms with Crippen LogP contribution < -0.4 is 0 Å². The number of rotatable bonds is 2. The first-order valence-corrected chi connectivity index (χ1v) is 5.21. The molecule has 2 rings (SSSR count). The summed E-state index contributed by atoms with van der Waals surface area (Å²) in [5.74, 6) is 0. The van der Waals surface area contributed by atoms with E-state index in [1.807, 2.05) is 17.7 Å². The van der Waals surface area contributed by atoms with Gasteiger partial charge in [-0.15, -0.1) is 0 Å². The third-order valence-corrected chi connectivity index (χ3v) is 2.83. The van der Waals surface area contributed by atoms with Crippen LogP contribution in [0.5, 0.6) is 0 Å². The molecule has 2 aromatic heterocycles. The van der Waals surface area contributed by atoms with E-state index in [1.165, 1.54) is 12.3 Å². The van der Waals surface area contributed by atoms with Gasteiger partial charge >= 0.3 is 0 Å². The summed E-state index contributed by atoms with van der Waals surface area (Å²) >= 11 is 3.36. The van der Waals surface area contributed by atoms with Gasteiger partial charge in [0.05, 0.1) is 4.92 Å². The van der Waals surface area contributed by atoms with Crippen LogP contribution in [0.25, 0.3) is 11.0 Å². The van der Waals surface area contributed by atoms with E-state index in [0.717, 1.165) is 22.1 Å². The molecule has 0 aliphatic rings. The van der Waals surface area contributed by atoms with Crippen LogP contribution in [0.15, 0.2) is 22.9 Å². The molecule has 0 saturated heterocycles. The van der Waals surface area contributed by atoms with Crippen molar-refractivity contribution >= 4 is 32.7 Å². The molecule has 2 aromatic rings. The Labute approximate surface area is 94.0 Å². The molecule has 0 spiro atoms. The highest BCUT2D eigenvalue weighted by Gasteiger charge is 2.12. The monoisotopic (exact) mass is 269 g/mol. The lowest BCUT2D eigenvalue weighted by atomic mass is 10.3. The zero-order chi connectivity index (χ0) is 11.0. The van der Waals surface area contributed by atoms with Crippen molar-refractivity contribution in [1.82, 2.24) is 9.55 Å². The van der Waals surface area contributed by atoms with Gasteiger partial charge < -0.3 is 4.57 Å². The highest BCUT2D eigenvalue weighted by atomic mass is 79.9. The van der Waals surface area contributed by atoms with Crippen molar-refractivity contribution in [1.29, 1.82) is 0 Å². The Morgan fingerprint density at radius 3 is 3.00 bits per heavy atom. The third kappa shape index (κ3) is 1.61. The Morgan fingerprint density at radius 2 is 2.40 bits per heavy atom. The van der Waals surface area contributed by atoms with Crippen molar-refractivity contribution in [3.63, 3.8) is 0 Å². The first-order chi connectivity index (χ1) is 7.13. The van der Waals surface area contributed by atoms with Crippen molar-refractivity contribution in [2.24, 2.45) is 0 Å². The summed E-state index contributed by atoms with van der Waals surface area (Å²) in [7, 11) is 0. The molecule has 78 valence electrons. The Balaban J connectivity index is 2.72. The summed E-state index contributed by atoms with van der Waals surface area (Å²) in [4.78, 5) is 14.2. The smallest absolute Gasteiger partial charge is 0.288 e. The summed E-state index contributed by atoms with van der Waals surface area (Å²) in [5, 5.41) is 11.3. The molecule has 0 N–H and O–H groups in total. The molecule has 0 aliphatic heterocycles. The highest BCUT2D eigenvalue weighted by molar-refractivity contribution is 9.10. The average molecular weight is 270 g/mol. The van der Waals surface area contributed by atoms with E-state index in [2.05, 4.69) is 20.9 Å². The van der Waals surface area contributed by atoms with E-state index >= 15 is 0 Å². The average Bonchev–Trinajstić information content (AvgIpc) is 2.55. The topological polar surface area (TPSA) is 61.0 Å². The number of nitrogens with zero attached hydrogens (tertiary/aromatic N) is 3. The van der Waals surface area contributed by atoms with Crippen LogP contribution in [0.2, 0.25) is 0 Å². The summed E-state index contributed by atoms with van der Waals surface area (Å²) in [5.41, 5.74) is 0.770. The molecule has 0 aliphatic carbocycles. The Bertz CT molecular complexity index is 535. The lowest BCUT2D eigenvalue weighted by molar-refractivity contribution is -0.385. The van der Waals surface area contributed by atoms with Crippen LogP contribution in [0.4, 0.5) is 5.69 Å². The number of fused-ring (bicyclic) bond motifs is 1. The van der Waals surface area contributed by atoms with E-state index in [4.69, 9.17) is 0 Å². The standard InChI is InChI=1S/C9H8BrN3O2/c1-2-12-5-8(10)7-3-6(13(14)15)4-11-9(7)12/h3-5H,2H2,1H3. The predicted molar refractivity (Wildman–Crippen MR) is 59.8 cm³/mol. The van der Waals surface area contributed by atoms with Crippen molar-refractivity contribution < 1.29 is 4.92 Å². The Morgan fingerprint density at radius 1 is 1.67 bits per heavy atom. The van der Waals surface area contributed by atoms with Gasteiger partial charge in [0.15, 0.2) is 0 Å². The molecule has 0 saturated carbocycles. The van der Waals surface area contributed by atoms with E-state index in [9.17, 15) is 10.1 Å². The quantitative estimate of drug-likeness (QED) is 0.622. The minimum atomic E-state index is -0.442. The first kappa shape index (κ1) is 10.1. The van der Waals surface area contributed by atoms with Gasteiger partial charge in [0.2, 0.25) is 0 Å². The van der Waals surface area contributed by atoms with Gasteiger partial charge in [-0.25, -0.2) is 4.98 Å². The van der Waals surface area contributed by atoms with Crippen LogP contribution in [0, 0.1) is 10.1 Å². The van der Waals surface area contributed by atoms with Crippen LogP contribution >= 0.6 is 15.9 Å². The van der Waals surface area contributed by atoms with Crippen LogP contribution in [0.1, 0.15) is 6.92 Å². The van der Waals surface area contributed by atoms with Gasteiger partial charge in [-0.2, -0.15) is 0 Å². The molecule has 2 heterocycles. The molecule has 0 bridgehead atoms. The lowest BCUT2D eigenvalue weighted by Crippen LogP contribution is -1.94. The fourth-order valence-corrected chi connectivity index (χ4v) is 2.00. The Hall–Kier alpha value is -1.43. The second-order valence-corrected chi connectivity index (χ2v) is 3.94. The molecule has 6 heteroatoms. The van der Waals surface area contributed by atoms with Crippen LogP contribution in [-0.2, 0) is 6.54 Å². The number of hydrogen-bond donors (Lipinski definition) is 0. The van der Waals surface area contributed by atoms with Gasteiger partial charge in [-0.05, 0) is 22.9 Å². The number of pyridine rings is 1. The number of hydrogen-bond acceptors (Lipinski definition) is 3. The van der Waals surface area contributed by atoms with Crippen molar-refractivity contribution in [3.05, 3.63) is 33.0 Å². The Kier molecular flexibility index (Phi) is 2.44. The number of aromatic nitrogens is 2. The predicted octanol–water partition coefficient (Wildman–Crippen LogP) is 2.73. The maximum absolute atomic E-state index is 10.6. The molecule has 0 aromatic carbocycles. The van der Waals surface area contributed by atoms with E-state index in [1.54, 1.807) is 0 Å². The zero-order valence-corrected chi connectivity index (χ0v) is 9.56. The number of halogens is 1. The maximum atomic E-state index is 10.6. The minimum Gasteiger partial charge on any atom is -0.332 e. The van der Waals surface area contributed by atoms with Crippen molar-refractivity contribution in [2.75, 3.05) is 0 Å². The van der Waals surface area contributed by atoms with Crippen molar-refractivity contribution in [3.8, 4) is 0 Å². The minimum absolute atomic E-state index is 0.0112. The molecule has 0 fully saturated rings. The molecular formula is C9H8BrN3O2. The van der Waals surface area contributed by atoms with Gasteiger partial charge in [0, 0.05) is 28.7 Å². The largest absolute Gasteiger partial charge is 0.332 e. The molecule has 0 atom stereocenters. The summed E-state index contributed by atoms with van der Waals surface area (Å²) in [6.07, 6.45) is 3.16. The SMILES string of the molecule is CCn1cc(Br)c2cc([N+](=O)[O-])cnc21. The van der Waals surface area contributed by atoms with Gasteiger partial charge in [0.1, 0.15) is 11.8 Å². The van der Waals surface area contributed by atoms with Crippen LogP contribution in [-0.4, -0.2) is 14.5 Å². The third-order valence-electron chi connectivity index (χ3n) is 2.20. The van der Waals surface area contributed by atoms with E-state index < -0.39 is 4.92 Å². The fourth-order valence-electron chi connectivity index (χ4n) is 1.46.